The van der Waals surface area contributed by atoms with Crippen LogP contribution in [-0.4, -0.2) is 51.2 Å². The van der Waals surface area contributed by atoms with Gasteiger partial charge in [-0.25, -0.2) is 0 Å². The number of aromatic nitrogens is 1. The fraction of sp³-hybridized carbons (Fsp3) is 0.138. The lowest BCUT2D eigenvalue weighted by Gasteiger charge is -2.26. The lowest BCUT2D eigenvalue weighted by molar-refractivity contribution is 0.414. The van der Waals surface area contributed by atoms with Crippen LogP contribution in [0.5, 0.6) is 23.0 Å². The summed E-state index contributed by atoms with van der Waals surface area (Å²) >= 11 is 0. The number of nitrogens with zero attached hydrogens (tertiary/aromatic N) is 3. The van der Waals surface area contributed by atoms with Gasteiger partial charge in [0.15, 0.2) is 0 Å². The number of allylic oxidation sites excluding steroid dienone is 1. The lowest BCUT2D eigenvalue weighted by Crippen LogP contribution is -2.20. The molecule has 0 aliphatic carbocycles. The second kappa shape index (κ2) is 20.1. The Morgan fingerprint density at radius 1 is 0.478 bits per heavy atom. The highest BCUT2D eigenvalue weighted by atomic mass is 32.2. The smallest absolute Gasteiger partial charge is 0.271 e. The highest BCUT2D eigenvalue weighted by molar-refractivity contribution is 7.86. The van der Waals surface area contributed by atoms with Crippen LogP contribution in [0.1, 0.15) is 13.3 Å². The van der Waals surface area contributed by atoms with E-state index in [0.29, 0.717) is 6.54 Å². The standard InChI is InChI=1S/C58H53N3O7S/c1-6-9-52(69(62,63)64)38-39-59-55-12-7-10-53(40-14-18-42(19-15-40)60(44-22-30-48(65-2)31-23-44)45-24-32-49(66-3)33-25-45)57(55)58-54(11-8-13-56(58)59)41-16-20-43(21-17-41)61(46-26-34-50(67-4)35-27-46)47-28-36-51(68-5)37-29-47/h6-37,52H,38-39H2,1-5H3,(H,62,63,64)/b9-6+. The fourth-order valence-electron chi connectivity index (χ4n) is 9.12. The summed E-state index contributed by atoms with van der Waals surface area (Å²) in [5.74, 6) is 3.08. The van der Waals surface area contributed by atoms with Gasteiger partial charge in [0.05, 0.1) is 28.4 Å². The monoisotopic (exact) mass is 935 g/mol. The zero-order valence-electron chi connectivity index (χ0n) is 39.1. The molecule has 0 bridgehead atoms. The number of aryl methyl sites for hydroxylation is 1. The van der Waals surface area contributed by atoms with Crippen molar-refractivity contribution in [3.8, 4) is 45.3 Å². The van der Waals surface area contributed by atoms with Crippen LogP contribution in [0.25, 0.3) is 44.1 Å². The molecule has 1 unspecified atom stereocenters. The average molecular weight is 936 g/mol. The van der Waals surface area contributed by atoms with Crippen molar-refractivity contribution in [1.82, 2.24) is 4.57 Å². The third-order valence-electron chi connectivity index (χ3n) is 12.5. The Kier molecular flexibility index (Phi) is 13.4. The third-order valence-corrected chi connectivity index (χ3v) is 13.7. The summed E-state index contributed by atoms with van der Waals surface area (Å²) in [5.41, 5.74) is 11.8. The van der Waals surface area contributed by atoms with Gasteiger partial charge < -0.3 is 33.3 Å². The molecule has 1 N–H and O–H groups in total. The number of hydrogen-bond donors (Lipinski definition) is 1. The molecule has 0 aliphatic heterocycles. The maximum Gasteiger partial charge on any atom is 0.271 e. The summed E-state index contributed by atoms with van der Waals surface area (Å²) in [4.78, 5) is 4.38. The summed E-state index contributed by atoms with van der Waals surface area (Å²) in [7, 11) is 2.31. The molecule has 0 spiro atoms. The molecule has 0 amide bonds. The van der Waals surface area contributed by atoms with Crippen LogP contribution in [0.3, 0.4) is 0 Å². The van der Waals surface area contributed by atoms with Gasteiger partial charge in [0.1, 0.15) is 28.2 Å². The van der Waals surface area contributed by atoms with Crippen molar-refractivity contribution in [3.63, 3.8) is 0 Å². The minimum absolute atomic E-state index is 0.180. The van der Waals surface area contributed by atoms with Crippen LogP contribution in [0, 0.1) is 0 Å². The Balaban J connectivity index is 1.18. The van der Waals surface area contributed by atoms with Crippen molar-refractivity contribution < 1.29 is 31.9 Å². The summed E-state index contributed by atoms with van der Waals surface area (Å²) in [6.45, 7) is 2.10. The molecule has 69 heavy (non-hydrogen) atoms. The third kappa shape index (κ3) is 9.47. The van der Waals surface area contributed by atoms with Gasteiger partial charge >= 0.3 is 0 Å². The first-order valence-electron chi connectivity index (χ1n) is 22.6. The molecule has 0 fully saturated rings. The highest BCUT2D eigenvalue weighted by Crippen LogP contribution is 2.44. The topological polar surface area (TPSA) is 103 Å². The minimum Gasteiger partial charge on any atom is -0.497 e. The first-order chi connectivity index (χ1) is 33.6. The van der Waals surface area contributed by atoms with Crippen LogP contribution < -0.4 is 28.7 Å². The van der Waals surface area contributed by atoms with Crippen molar-refractivity contribution in [2.24, 2.45) is 0 Å². The Bertz CT molecular complexity index is 3040. The lowest BCUT2D eigenvalue weighted by atomic mass is 9.94. The number of rotatable bonds is 17. The van der Waals surface area contributed by atoms with Gasteiger partial charge in [0, 0.05) is 62.5 Å². The molecule has 1 heterocycles. The molecule has 0 saturated carbocycles. The molecular weight excluding hydrogens is 883 g/mol. The molecule has 10 nitrogen and oxygen atoms in total. The van der Waals surface area contributed by atoms with E-state index in [-0.39, 0.29) is 6.42 Å². The van der Waals surface area contributed by atoms with Crippen LogP contribution >= 0.6 is 0 Å². The van der Waals surface area contributed by atoms with Gasteiger partial charge in [-0.3, -0.25) is 4.55 Å². The van der Waals surface area contributed by atoms with Crippen molar-refractivity contribution in [3.05, 3.63) is 194 Å². The number of hydrogen-bond acceptors (Lipinski definition) is 8. The number of anilines is 6. The van der Waals surface area contributed by atoms with E-state index in [1.54, 1.807) is 47.5 Å². The van der Waals surface area contributed by atoms with Crippen molar-refractivity contribution >= 4 is 66.0 Å². The summed E-state index contributed by atoms with van der Waals surface area (Å²) < 4.78 is 59.5. The summed E-state index contributed by atoms with van der Waals surface area (Å²) in [5, 5.41) is 1.02. The van der Waals surface area contributed by atoms with Crippen LogP contribution in [0.15, 0.2) is 194 Å². The van der Waals surface area contributed by atoms with Crippen molar-refractivity contribution in [2.75, 3.05) is 38.2 Å². The molecule has 9 aromatic rings. The van der Waals surface area contributed by atoms with Gasteiger partial charge in [-0.15, -0.1) is 0 Å². The van der Waals surface area contributed by atoms with Gasteiger partial charge in [0.25, 0.3) is 10.1 Å². The zero-order valence-corrected chi connectivity index (χ0v) is 39.9. The van der Waals surface area contributed by atoms with Crippen molar-refractivity contribution in [1.29, 1.82) is 0 Å². The average Bonchev–Trinajstić information content (AvgIpc) is 3.72. The Morgan fingerprint density at radius 2 is 0.783 bits per heavy atom. The van der Waals surface area contributed by atoms with Crippen LogP contribution in [-0.2, 0) is 16.7 Å². The summed E-state index contributed by atoms with van der Waals surface area (Å²) in [6, 6.07) is 61.7. The largest absolute Gasteiger partial charge is 0.497 e. The molecule has 1 aromatic heterocycles. The molecule has 0 radical (unpaired) electrons. The SMILES string of the molecule is C/C=C/C(CCn1c2cccc(-c3ccc(N(c4ccc(OC)cc4)c4ccc(OC)cc4)cc3)c2c2c(-c3ccc(N(c4ccc(OC)cc4)c4ccc(OC)cc4)cc3)cccc21)S(=O)(=O)O. The quantitative estimate of drug-likeness (QED) is 0.0706. The summed E-state index contributed by atoms with van der Waals surface area (Å²) in [6.07, 6.45) is 3.40. The second-order valence-corrected chi connectivity index (χ2v) is 18.1. The Labute approximate surface area is 403 Å². The van der Waals surface area contributed by atoms with Gasteiger partial charge in [-0.1, -0.05) is 60.7 Å². The normalized spacial score (nSPS) is 12.0. The van der Waals surface area contributed by atoms with E-state index in [1.807, 2.05) is 97.1 Å². The molecular formula is C58H53N3O7S. The number of benzene rings is 8. The van der Waals surface area contributed by atoms with E-state index in [2.05, 4.69) is 99.3 Å². The number of methoxy groups -OCH3 is 4. The maximum absolute atomic E-state index is 12.6. The van der Waals surface area contributed by atoms with E-state index in [0.717, 1.165) is 101 Å². The van der Waals surface area contributed by atoms with Crippen molar-refractivity contribution in [2.45, 2.75) is 25.1 Å². The molecule has 9 rings (SSSR count). The zero-order chi connectivity index (χ0) is 48.1. The first-order valence-corrected chi connectivity index (χ1v) is 24.1. The molecule has 8 aromatic carbocycles. The fourth-order valence-corrected chi connectivity index (χ4v) is 9.88. The number of ether oxygens (including phenoxy) is 4. The molecule has 0 saturated heterocycles. The maximum atomic E-state index is 12.6. The molecule has 348 valence electrons. The van der Waals surface area contributed by atoms with E-state index < -0.39 is 15.4 Å². The highest BCUT2D eigenvalue weighted by Gasteiger charge is 2.24. The van der Waals surface area contributed by atoms with Crippen LogP contribution in [0.2, 0.25) is 0 Å². The second-order valence-electron chi connectivity index (χ2n) is 16.5. The molecule has 0 aliphatic rings. The van der Waals surface area contributed by atoms with Gasteiger partial charge in [0.2, 0.25) is 0 Å². The van der Waals surface area contributed by atoms with Crippen LogP contribution in [0.4, 0.5) is 34.1 Å². The Morgan fingerprint density at radius 3 is 1.06 bits per heavy atom. The Hall–Kier alpha value is -7.99. The predicted octanol–water partition coefficient (Wildman–Crippen LogP) is 14.3. The predicted molar refractivity (Wildman–Crippen MR) is 281 cm³/mol. The van der Waals surface area contributed by atoms with Gasteiger partial charge in [-0.2, -0.15) is 8.42 Å². The van der Waals surface area contributed by atoms with E-state index in [9.17, 15) is 13.0 Å². The van der Waals surface area contributed by atoms with Gasteiger partial charge in [-0.05, 0) is 169 Å². The molecule has 1 atom stereocenters. The minimum atomic E-state index is -4.34. The number of fused-ring (bicyclic) bond motifs is 3. The molecule has 11 heteroatoms. The van der Waals surface area contributed by atoms with E-state index in [4.69, 9.17) is 18.9 Å². The van der Waals surface area contributed by atoms with E-state index in [1.165, 1.54) is 0 Å². The first kappa shape index (κ1) is 46.1. The van der Waals surface area contributed by atoms with E-state index >= 15 is 0 Å².